The van der Waals surface area contributed by atoms with Gasteiger partial charge in [-0.15, -0.1) is 0 Å². The van der Waals surface area contributed by atoms with Crippen molar-refractivity contribution in [3.63, 3.8) is 0 Å². The number of carbonyl (C=O) groups is 1. The van der Waals surface area contributed by atoms with Gasteiger partial charge in [-0.2, -0.15) is 5.10 Å². The quantitative estimate of drug-likeness (QED) is 0.690. The molecule has 0 aliphatic rings. The van der Waals surface area contributed by atoms with Gasteiger partial charge in [0.15, 0.2) is 0 Å². The molecule has 0 spiro atoms. The molecule has 0 saturated carbocycles. The van der Waals surface area contributed by atoms with Crippen LogP contribution >= 0.6 is 0 Å². The highest BCUT2D eigenvalue weighted by Gasteiger charge is 2.16. The predicted octanol–water partition coefficient (Wildman–Crippen LogP) is 4.72. The van der Waals surface area contributed by atoms with Crippen LogP contribution in [-0.2, 0) is 0 Å². The SMILES string of the molecule is CC[C@@H](NC(=O)c1cccc(-c2cn(C(C)C)nc2C)c1)c1ccncc1. The molecule has 1 amide bonds. The number of benzene rings is 1. The molecule has 5 nitrogen and oxygen atoms in total. The number of pyridine rings is 1. The van der Waals surface area contributed by atoms with Crippen molar-refractivity contribution in [2.45, 2.75) is 46.2 Å². The van der Waals surface area contributed by atoms with E-state index in [1.54, 1.807) is 12.4 Å². The Hall–Kier alpha value is -2.95. The van der Waals surface area contributed by atoms with Gasteiger partial charge in [0.1, 0.15) is 0 Å². The summed E-state index contributed by atoms with van der Waals surface area (Å²) in [4.78, 5) is 16.9. The number of carbonyl (C=O) groups excluding carboxylic acids is 1. The van der Waals surface area contributed by atoms with Gasteiger partial charge in [0.05, 0.1) is 11.7 Å². The van der Waals surface area contributed by atoms with Crippen molar-refractivity contribution in [3.05, 3.63) is 71.8 Å². The van der Waals surface area contributed by atoms with Crippen LogP contribution in [0.25, 0.3) is 11.1 Å². The number of aromatic nitrogens is 3. The highest BCUT2D eigenvalue weighted by molar-refractivity contribution is 5.95. The smallest absolute Gasteiger partial charge is 0.251 e. The van der Waals surface area contributed by atoms with E-state index in [0.29, 0.717) is 11.6 Å². The number of nitrogens with one attached hydrogen (secondary N) is 1. The Labute approximate surface area is 160 Å². The Balaban J connectivity index is 1.84. The van der Waals surface area contributed by atoms with Crippen LogP contribution < -0.4 is 5.32 Å². The van der Waals surface area contributed by atoms with Crippen LogP contribution in [0.4, 0.5) is 0 Å². The first kappa shape index (κ1) is 18.8. The zero-order valence-electron chi connectivity index (χ0n) is 16.3. The summed E-state index contributed by atoms with van der Waals surface area (Å²) < 4.78 is 1.95. The van der Waals surface area contributed by atoms with E-state index in [1.165, 1.54) is 0 Å². The van der Waals surface area contributed by atoms with E-state index in [0.717, 1.165) is 28.8 Å². The molecule has 0 aliphatic heterocycles. The number of hydrogen-bond acceptors (Lipinski definition) is 3. The maximum Gasteiger partial charge on any atom is 0.251 e. The van der Waals surface area contributed by atoms with Gasteiger partial charge in [-0.25, -0.2) is 0 Å². The van der Waals surface area contributed by atoms with Crippen molar-refractivity contribution >= 4 is 5.91 Å². The fraction of sp³-hybridized carbons (Fsp3) is 0.318. The third kappa shape index (κ3) is 4.25. The third-order valence-electron chi connectivity index (χ3n) is 4.70. The molecule has 0 radical (unpaired) electrons. The van der Waals surface area contributed by atoms with Crippen LogP contribution in [0.2, 0.25) is 0 Å². The second kappa shape index (κ2) is 8.16. The Bertz CT molecular complexity index is 915. The molecule has 5 heteroatoms. The first-order valence-electron chi connectivity index (χ1n) is 9.36. The summed E-state index contributed by atoms with van der Waals surface area (Å²) in [7, 11) is 0. The van der Waals surface area contributed by atoms with E-state index in [-0.39, 0.29) is 11.9 Å². The molecule has 0 saturated heterocycles. The lowest BCUT2D eigenvalue weighted by Crippen LogP contribution is -2.28. The first-order valence-corrected chi connectivity index (χ1v) is 9.36. The highest BCUT2D eigenvalue weighted by atomic mass is 16.1. The molecule has 2 heterocycles. The molecule has 3 aromatic rings. The number of aryl methyl sites for hydroxylation is 1. The molecule has 0 fully saturated rings. The van der Waals surface area contributed by atoms with Crippen LogP contribution in [-0.4, -0.2) is 20.7 Å². The average Bonchev–Trinajstić information content (AvgIpc) is 3.09. The normalized spacial score (nSPS) is 12.2. The van der Waals surface area contributed by atoms with Crippen LogP contribution in [0.15, 0.2) is 55.0 Å². The van der Waals surface area contributed by atoms with Gasteiger partial charge in [0, 0.05) is 35.8 Å². The minimum Gasteiger partial charge on any atom is -0.345 e. The lowest BCUT2D eigenvalue weighted by molar-refractivity contribution is 0.0935. The van der Waals surface area contributed by atoms with Crippen molar-refractivity contribution in [1.29, 1.82) is 0 Å². The highest BCUT2D eigenvalue weighted by Crippen LogP contribution is 2.25. The van der Waals surface area contributed by atoms with E-state index in [2.05, 4.69) is 36.2 Å². The predicted molar refractivity (Wildman–Crippen MR) is 108 cm³/mol. The molecule has 1 atom stereocenters. The molecule has 0 aliphatic carbocycles. The zero-order chi connectivity index (χ0) is 19.4. The van der Waals surface area contributed by atoms with Gasteiger partial charge in [0.2, 0.25) is 0 Å². The lowest BCUT2D eigenvalue weighted by atomic mass is 10.0. The molecule has 3 rings (SSSR count). The van der Waals surface area contributed by atoms with Crippen molar-refractivity contribution in [2.75, 3.05) is 0 Å². The van der Waals surface area contributed by atoms with E-state index >= 15 is 0 Å². The van der Waals surface area contributed by atoms with E-state index < -0.39 is 0 Å². The van der Waals surface area contributed by atoms with Crippen molar-refractivity contribution in [3.8, 4) is 11.1 Å². The molecule has 1 N–H and O–H groups in total. The second-order valence-corrected chi connectivity index (χ2v) is 7.00. The van der Waals surface area contributed by atoms with Crippen molar-refractivity contribution in [2.24, 2.45) is 0 Å². The fourth-order valence-corrected chi connectivity index (χ4v) is 3.12. The molecular formula is C22H26N4O. The van der Waals surface area contributed by atoms with Gasteiger partial charge < -0.3 is 5.32 Å². The van der Waals surface area contributed by atoms with E-state index in [1.807, 2.05) is 54.2 Å². The second-order valence-electron chi connectivity index (χ2n) is 7.00. The molecule has 1 aromatic carbocycles. The number of nitrogens with zero attached hydrogens (tertiary/aromatic N) is 3. The molecule has 0 unspecified atom stereocenters. The van der Waals surface area contributed by atoms with Gasteiger partial charge in [-0.05, 0) is 62.6 Å². The summed E-state index contributed by atoms with van der Waals surface area (Å²) >= 11 is 0. The lowest BCUT2D eigenvalue weighted by Gasteiger charge is -2.17. The van der Waals surface area contributed by atoms with Crippen molar-refractivity contribution < 1.29 is 4.79 Å². The Morgan fingerprint density at radius 2 is 1.93 bits per heavy atom. The van der Waals surface area contributed by atoms with Crippen LogP contribution in [0, 0.1) is 6.92 Å². The zero-order valence-corrected chi connectivity index (χ0v) is 16.3. The first-order chi connectivity index (χ1) is 13.0. The minimum atomic E-state index is -0.0746. The van der Waals surface area contributed by atoms with E-state index in [4.69, 9.17) is 0 Å². The molecular weight excluding hydrogens is 336 g/mol. The summed E-state index contributed by atoms with van der Waals surface area (Å²) in [6.45, 7) is 8.26. The van der Waals surface area contributed by atoms with Gasteiger partial charge in [0.25, 0.3) is 5.91 Å². The fourth-order valence-electron chi connectivity index (χ4n) is 3.12. The maximum absolute atomic E-state index is 12.8. The Kier molecular flexibility index (Phi) is 5.69. The minimum absolute atomic E-state index is 0.0328. The Morgan fingerprint density at radius 1 is 1.19 bits per heavy atom. The van der Waals surface area contributed by atoms with E-state index in [9.17, 15) is 4.79 Å². The molecule has 27 heavy (non-hydrogen) atoms. The van der Waals surface area contributed by atoms with Gasteiger partial charge in [-0.3, -0.25) is 14.5 Å². The third-order valence-corrected chi connectivity index (χ3v) is 4.70. The summed E-state index contributed by atoms with van der Waals surface area (Å²) in [5, 5.41) is 7.70. The van der Waals surface area contributed by atoms with Crippen LogP contribution in [0.5, 0.6) is 0 Å². The molecule has 0 bridgehead atoms. The molecule has 140 valence electrons. The number of rotatable bonds is 6. The van der Waals surface area contributed by atoms with Gasteiger partial charge >= 0.3 is 0 Å². The average molecular weight is 362 g/mol. The van der Waals surface area contributed by atoms with Crippen molar-refractivity contribution in [1.82, 2.24) is 20.1 Å². The van der Waals surface area contributed by atoms with Crippen LogP contribution in [0.3, 0.4) is 0 Å². The summed E-state index contributed by atoms with van der Waals surface area (Å²) in [5.41, 5.74) is 4.73. The summed E-state index contributed by atoms with van der Waals surface area (Å²) in [6.07, 6.45) is 6.36. The summed E-state index contributed by atoms with van der Waals surface area (Å²) in [6, 6.07) is 11.9. The molecule has 2 aromatic heterocycles. The number of hydrogen-bond donors (Lipinski definition) is 1. The maximum atomic E-state index is 12.8. The summed E-state index contributed by atoms with van der Waals surface area (Å²) in [5.74, 6) is -0.0746. The van der Waals surface area contributed by atoms with Crippen LogP contribution in [0.1, 0.15) is 60.9 Å². The Morgan fingerprint density at radius 3 is 2.56 bits per heavy atom. The largest absolute Gasteiger partial charge is 0.345 e. The standard InChI is InChI=1S/C22H26N4O/c1-5-21(17-9-11-23-12-10-17)24-22(27)19-8-6-7-18(13-19)20-14-26(15(2)3)25-16(20)4/h6-15,21H,5H2,1-4H3,(H,24,27)/t21-/m1/s1. The monoisotopic (exact) mass is 362 g/mol. The van der Waals surface area contributed by atoms with Gasteiger partial charge in [-0.1, -0.05) is 19.1 Å². The topological polar surface area (TPSA) is 59.8 Å². The number of amides is 1.